The van der Waals surface area contributed by atoms with Gasteiger partial charge in [0.1, 0.15) is 0 Å². The highest BCUT2D eigenvalue weighted by molar-refractivity contribution is 8.00. The molecule has 2 amide bonds. The summed E-state index contributed by atoms with van der Waals surface area (Å²) in [6, 6.07) is 28.9. The molecule has 3 aromatic carbocycles. The number of thioether (sulfide) groups is 1. The summed E-state index contributed by atoms with van der Waals surface area (Å²) in [6.45, 7) is -0.485. The van der Waals surface area contributed by atoms with Crippen LogP contribution in [-0.2, 0) is 25.5 Å². The fourth-order valence-corrected chi connectivity index (χ4v) is 4.08. The van der Waals surface area contributed by atoms with Gasteiger partial charge in [0.05, 0.1) is 17.4 Å². The number of benzene rings is 3. The van der Waals surface area contributed by atoms with E-state index in [1.165, 1.54) is 11.8 Å². The fraction of sp³-hybridized carbons (Fsp3) is 0.160. The molecule has 0 heterocycles. The molecule has 0 aromatic heterocycles. The van der Waals surface area contributed by atoms with Crippen LogP contribution < -0.4 is 5.32 Å². The predicted octanol–water partition coefficient (Wildman–Crippen LogP) is 3.94. The lowest BCUT2D eigenvalue weighted by Crippen LogP contribution is -2.35. The topological polar surface area (TPSA) is 72.5 Å². The monoisotopic (exact) mass is 433 g/mol. The lowest BCUT2D eigenvalue weighted by molar-refractivity contribution is -0.147. The smallest absolute Gasteiger partial charge is 0.316 e. The van der Waals surface area contributed by atoms with Crippen molar-refractivity contribution in [2.24, 2.45) is 0 Å². The van der Waals surface area contributed by atoms with Crippen LogP contribution in [0.15, 0.2) is 91.0 Å². The average Bonchev–Trinajstić information content (AvgIpc) is 2.80. The molecule has 1 N–H and O–H groups in total. The van der Waals surface area contributed by atoms with Crippen LogP contribution in [0.2, 0.25) is 0 Å². The van der Waals surface area contributed by atoms with Crippen molar-refractivity contribution in [2.75, 3.05) is 12.4 Å². The first-order chi connectivity index (χ1) is 15.1. The van der Waals surface area contributed by atoms with Crippen LogP contribution in [-0.4, -0.2) is 30.1 Å². The SMILES string of the molecule is O=C(COC(=O)CSC(c1ccccc1)c1ccccc1)NC(=O)Cc1ccccc1. The van der Waals surface area contributed by atoms with Gasteiger partial charge in [0.2, 0.25) is 5.91 Å². The molecule has 158 valence electrons. The highest BCUT2D eigenvalue weighted by Gasteiger charge is 2.18. The summed E-state index contributed by atoms with van der Waals surface area (Å²) < 4.78 is 5.05. The number of amides is 2. The predicted molar refractivity (Wildman–Crippen MR) is 121 cm³/mol. The average molecular weight is 434 g/mol. The van der Waals surface area contributed by atoms with E-state index < -0.39 is 24.4 Å². The van der Waals surface area contributed by atoms with Crippen LogP contribution in [0.4, 0.5) is 0 Å². The molecular formula is C25H23NO4S. The summed E-state index contributed by atoms with van der Waals surface area (Å²) in [5.41, 5.74) is 2.96. The second-order valence-corrected chi connectivity index (χ2v) is 7.90. The van der Waals surface area contributed by atoms with Crippen molar-refractivity contribution in [3.8, 4) is 0 Å². The second kappa shape index (κ2) is 11.7. The molecule has 6 heteroatoms. The molecule has 0 atom stereocenters. The zero-order valence-electron chi connectivity index (χ0n) is 16.9. The Balaban J connectivity index is 1.47. The van der Waals surface area contributed by atoms with Gasteiger partial charge in [-0.1, -0.05) is 91.0 Å². The van der Waals surface area contributed by atoms with E-state index in [0.717, 1.165) is 16.7 Å². The van der Waals surface area contributed by atoms with Crippen molar-refractivity contribution in [2.45, 2.75) is 11.7 Å². The molecule has 0 unspecified atom stereocenters. The van der Waals surface area contributed by atoms with Gasteiger partial charge in [-0.25, -0.2) is 0 Å². The highest BCUT2D eigenvalue weighted by atomic mass is 32.2. The maximum Gasteiger partial charge on any atom is 0.316 e. The van der Waals surface area contributed by atoms with Gasteiger partial charge in [0, 0.05) is 0 Å². The molecular weight excluding hydrogens is 410 g/mol. The zero-order chi connectivity index (χ0) is 21.9. The molecule has 0 saturated carbocycles. The van der Waals surface area contributed by atoms with E-state index >= 15 is 0 Å². The van der Waals surface area contributed by atoms with Crippen molar-refractivity contribution >= 4 is 29.5 Å². The lowest BCUT2D eigenvalue weighted by atomic mass is 10.0. The Hall–Kier alpha value is -3.38. The Kier molecular flexibility index (Phi) is 8.43. The van der Waals surface area contributed by atoms with Gasteiger partial charge in [-0.2, -0.15) is 0 Å². The minimum absolute atomic E-state index is 0.0313. The Morgan fingerprint density at radius 1 is 0.742 bits per heavy atom. The van der Waals surface area contributed by atoms with Crippen LogP contribution in [0.25, 0.3) is 0 Å². The minimum Gasteiger partial charge on any atom is -0.455 e. The maximum absolute atomic E-state index is 12.2. The largest absolute Gasteiger partial charge is 0.455 e. The van der Waals surface area contributed by atoms with Gasteiger partial charge in [0.15, 0.2) is 6.61 Å². The van der Waals surface area contributed by atoms with Gasteiger partial charge >= 0.3 is 5.97 Å². The third kappa shape index (κ3) is 7.42. The van der Waals surface area contributed by atoms with Gasteiger partial charge in [-0.3, -0.25) is 19.7 Å². The minimum atomic E-state index is -0.637. The maximum atomic E-state index is 12.2. The summed E-state index contributed by atoms with van der Waals surface area (Å²) in [5, 5.41) is 2.21. The van der Waals surface area contributed by atoms with Crippen LogP contribution >= 0.6 is 11.8 Å². The molecule has 0 bridgehead atoms. The molecule has 0 fully saturated rings. The Morgan fingerprint density at radius 2 is 1.26 bits per heavy atom. The quantitative estimate of drug-likeness (QED) is 0.518. The number of hydrogen-bond donors (Lipinski definition) is 1. The number of carbonyl (C=O) groups is 3. The Morgan fingerprint density at radius 3 is 1.81 bits per heavy atom. The van der Waals surface area contributed by atoms with Gasteiger partial charge in [-0.05, 0) is 16.7 Å². The van der Waals surface area contributed by atoms with E-state index in [1.54, 1.807) is 12.1 Å². The molecule has 3 aromatic rings. The lowest BCUT2D eigenvalue weighted by Gasteiger charge is -2.17. The van der Waals surface area contributed by atoms with Crippen LogP contribution in [0, 0.1) is 0 Å². The van der Waals surface area contributed by atoms with E-state index in [1.807, 2.05) is 78.9 Å². The first kappa shape index (κ1) is 22.3. The van der Waals surface area contributed by atoms with E-state index in [9.17, 15) is 14.4 Å². The number of imide groups is 1. The van der Waals surface area contributed by atoms with Crippen LogP contribution in [0.5, 0.6) is 0 Å². The first-order valence-electron chi connectivity index (χ1n) is 9.85. The summed E-state index contributed by atoms with van der Waals surface area (Å²) in [6.07, 6.45) is 0.0895. The normalized spacial score (nSPS) is 10.5. The molecule has 5 nitrogen and oxygen atoms in total. The molecule has 31 heavy (non-hydrogen) atoms. The first-order valence-corrected chi connectivity index (χ1v) is 10.9. The van der Waals surface area contributed by atoms with Crippen molar-refractivity contribution in [1.82, 2.24) is 5.32 Å². The number of hydrogen-bond acceptors (Lipinski definition) is 5. The van der Waals surface area contributed by atoms with E-state index in [4.69, 9.17) is 4.74 Å². The third-order valence-corrected chi connectivity index (χ3v) is 5.70. The molecule has 0 aliphatic heterocycles. The number of nitrogens with one attached hydrogen (secondary N) is 1. The van der Waals surface area contributed by atoms with Crippen molar-refractivity contribution in [1.29, 1.82) is 0 Å². The van der Waals surface area contributed by atoms with Crippen molar-refractivity contribution < 1.29 is 19.1 Å². The molecule has 0 saturated heterocycles. The molecule has 3 rings (SSSR count). The van der Waals surface area contributed by atoms with Gasteiger partial charge < -0.3 is 4.74 Å². The van der Waals surface area contributed by atoms with Crippen molar-refractivity contribution in [3.05, 3.63) is 108 Å². The van der Waals surface area contributed by atoms with E-state index in [2.05, 4.69) is 5.32 Å². The van der Waals surface area contributed by atoms with Crippen LogP contribution in [0.1, 0.15) is 21.9 Å². The van der Waals surface area contributed by atoms with Gasteiger partial charge in [0.25, 0.3) is 5.91 Å². The fourth-order valence-electron chi connectivity index (χ4n) is 3.00. The van der Waals surface area contributed by atoms with Gasteiger partial charge in [-0.15, -0.1) is 11.8 Å². The third-order valence-electron chi connectivity index (χ3n) is 4.42. The Labute approximate surface area is 185 Å². The molecule has 0 aliphatic rings. The number of esters is 1. The van der Waals surface area contributed by atoms with Crippen molar-refractivity contribution in [3.63, 3.8) is 0 Å². The zero-order valence-corrected chi connectivity index (χ0v) is 17.7. The molecule has 0 aliphatic carbocycles. The number of ether oxygens (including phenoxy) is 1. The molecule has 0 spiro atoms. The van der Waals surface area contributed by atoms with E-state index in [-0.39, 0.29) is 17.4 Å². The second-order valence-electron chi connectivity index (χ2n) is 6.81. The summed E-state index contributed by atoms with van der Waals surface area (Å²) in [7, 11) is 0. The number of carbonyl (C=O) groups excluding carboxylic acids is 3. The summed E-state index contributed by atoms with van der Waals surface area (Å²) in [5.74, 6) is -1.50. The summed E-state index contributed by atoms with van der Waals surface area (Å²) in [4.78, 5) is 36.0. The molecule has 0 radical (unpaired) electrons. The standard InChI is InChI=1S/C25H23NO4S/c27-22(16-19-10-4-1-5-11-19)26-23(28)17-30-24(29)18-31-25(20-12-6-2-7-13-20)21-14-8-3-9-15-21/h1-15,25H,16-18H2,(H,26,27,28). The Bertz CT molecular complexity index is 954. The van der Waals surface area contributed by atoms with Crippen LogP contribution in [0.3, 0.4) is 0 Å². The highest BCUT2D eigenvalue weighted by Crippen LogP contribution is 2.35. The number of rotatable bonds is 9. The van der Waals surface area contributed by atoms with E-state index in [0.29, 0.717) is 0 Å². The summed E-state index contributed by atoms with van der Waals surface area (Å²) >= 11 is 1.43.